The average molecular weight is 366 g/mol. The molecule has 0 saturated carbocycles. The standard InChI is InChI=1S/C16H18N2O4S2/c1-9(2)17-13(20)7-22-16(21)14-11(12-5-4-6-23-12)8-24-15(14)18-10(3)19/h4-6,8-9H,7H2,1-3H3,(H,17,20)(H,18,19). The van der Waals surface area contributed by atoms with Crippen molar-refractivity contribution in [1.82, 2.24) is 5.32 Å². The monoisotopic (exact) mass is 366 g/mol. The number of anilines is 1. The van der Waals surface area contributed by atoms with Gasteiger partial charge in [0.2, 0.25) is 5.91 Å². The molecule has 2 aromatic rings. The highest BCUT2D eigenvalue weighted by Crippen LogP contribution is 2.38. The molecule has 2 rings (SSSR count). The fourth-order valence-corrected chi connectivity index (χ4v) is 3.81. The van der Waals surface area contributed by atoms with E-state index in [1.165, 1.54) is 29.6 Å². The summed E-state index contributed by atoms with van der Waals surface area (Å²) in [6.45, 7) is 4.65. The molecule has 2 heterocycles. The molecule has 2 N–H and O–H groups in total. The van der Waals surface area contributed by atoms with Crippen LogP contribution >= 0.6 is 22.7 Å². The molecule has 0 aliphatic heterocycles. The molecule has 0 aliphatic carbocycles. The van der Waals surface area contributed by atoms with Gasteiger partial charge in [-0.05, 0) is 25.3 Å². The maximum atomic E-state index is 12.5. The fraction of sp³-hybridized carbons (Fsp3) is 0.312. The van der Waals surface area contributed by atoms with Crippen molar-refractivity contribution in [1.29, 1.82) is 0 Å². The largest absolute Gasteiger partial charge is 0.452 e. The molecule has 6 nitrogen and oxygen atoms in total. The molecule has 0 spiro atoms. The second-order valence-corrected chi connectivity index (χ2v) is 7.14. The molecule has 0 aromatic carbocycles. The van der Waals surface area contributed by atoms with Crippen molar-refractivity contribution in [2.24, 2.45) is 0 Å². The Labute approximate surface area is 147 Å². The van der Waals surface area contributed by atoms with Crippen molar-refractivity contribution in [2.45, 2.75) is 26.8 Å². The number of hydrogen-bond acceptors (Lipinski definition) is 6. The number of ether oxygens (including phenoxy) is 1. The van der Waals surface area contributed by atoms with Gasteiger partial charge in [0.15, 0.2) is 6.61 Å². The summed E-state index contributed by atoms with van der Waals surface area (Å²) in [5, 5.41) is 9.40. The lowest BCUT2D eigenvalue weighted by Crippen LogP contribution is -2.34. The van der Waals surface area contributed by atoms with Gasteiger partial charge < -0.3 is 15.4 Å². The van der Waals surface area contributed by atoms with Crippen LogP contribution in [0.25, 0.3) is 10.4 Å². The van der Waals surface area contributed by atoms with E-state index >= 15 is 0 Å². The molecule has 0 aliphatic rings. The van der Waals surface area contributed by atoms with Gasteiger partial charge in [0.1, 0.15) is 10.6 Å². The van der Waals surface area contributed by atoms with E-state index in [1.807, 2.05) is 31.4 Å². The predicted molar refractivity (Wildman–Crippen MR) is 95.5 cm³/mol. The lowest BCUT2D eigenvalue weighted by atomic mass is 10.1. The number of amides is 2. The van der Waals surface area contributed by atoms with Gasteiger partial charge in [-0.2, -0.15) is 0 Å². The van der Waals surface area contributed by atoms with Crippen LogP contribution in [0, 0.1) is 0 Å². The SMILES string of the molecule is CC(=O)Nc1scc(-c2cccs2)c1C(=O)OCC(=O)NC(C)C. The van der Waals surface area contributed by atoms with E-state index in [9.17, 15) is 14.4 Å². The zero-order chi connectivity index (χ0) is 17.7. The highest BCUT2D eigenvalue weighted by molar-refractivity contribution is 7.17. The van der Waals surface area contributed by atoms with E-state index in [-0.39, 0.29) is 30.0 Å². The molecule has 0 bridgehead atoms. The number of esters is 1. The molecule has 2 aromatic heterocycles. The maximum Gasteiger partial charge on any atom is 0.342 e. The number of hydrogen-bond donors (Lipinski definition) is 2. The normalized spacial score (nSPS) is 10.5. The molecular weight excluding hydrogens is 348 g/mol. The summed E-state index contributed by atoms with van der Waals surface area (Å²) in [5.41, 5.74) is 0.961. The summed E-state index contributed by atoms with van der Waals surface area (Å²) in [4.78, 5) is 36.4. The first-order valence-electron chi connectivity index (χ1n) is 7.28. The molecular formula is C16H18N2O4S2. The minimum absolute atomic E-state index is 0.0334. The molecule has 128 valence electrons. The maximum absolute atomic E-state index is 12.5. The zero-order valence-electron chi connectivity index (χ0n) is 13.5. The van der Waals surface area contributed by atoms with Gasteiger partial charge in [0.05, 0.1) is 0 Å². The predicted octanol–water partition coefficient (Wildman–Crippen LogP) is 3.12. The molecule has 0 fully saturated rings. The highest BCUT2D eigenvalue weighted by Gasteiger charge is 2.23. The summed E-state index contributed by atoms with van der Waals surface area (Å²) in [5.74, 6) is -1.28. The number of carbonyl (C=O) groups is 3. The first-order chi connectivity index (χ1) is 11.4. The first kappa shape index (κ1) is 18.2. The number of rotatable bonds is 6. The van der Waals surface area contributed by atoms with Crippen LogP contribution in [0.2, 0.25) is 0 Å². The number of nitrogens with one attached hydrogen (secondary N) is 2. The summed E-state index contributed by atoms with van der Waals surface area (Å²) in [6.07, 6.45) is 0. The fourth-order valence-electron chi connectivity index (χ4n) is 1.99. The Balaban J connectivity index is 2.22. The minimum Gasteiger partial charge on any atom is -0.452 e. The number of thiophene rings is 2. The van der Waals surface area contributed by atoms with Gasteiger partial charge >= 0.3 is 5.97 Å². The van der Waals surface area contributed by atoms with Gasteiger partial charge in [-0.25, -0.2) is 4.79 Å². The van der Waals surface area contributed by atoms with E-state index in [1.54, 1.807) is 5.38 Å². The molecule has 8 heteroatoms. The Kier molecular flexibility index (Phi) is 6.10. The van der Waals surface area contributed by atoms with E-state index < -0.39 is 5.97 Å². The second kappa shape index (κ2) is 8.07. The van der Waals surface area contributed by atoms with Crippen LogP contribution in [0.5, 0.6) is 0 Å². The van der Waals surface area contributed by atoms with Crippen LogP contribution in [0.15, 0.2) is 22.9 Å². The van der Waals surface area contributed by atoms with E-state index in [0.717, 1.165) is 4.88 Å². The van der Waals surface area contributed by atoms with E-state index in [2.05, 4.69) is 10.6 Å². The molecule has 24 heavy (non-hydrogen) atoms. The summed E-state index contributed by atoms with van der Waals surface area (Å²) in [6, 6.07) is 3.72. The minimum atomic E-state index is -0.637. The van der Waals surface area contributed by atoms with Gasteiger partial charge in [-0.1, -0.05) is 6.07 Å². The van der Waals surface area contributed by atoms with Crippen LogP contribution in [0.3, 0.4) is 0 Å². The summed E-state index contributed by atoms with van der Waals surface area (Å²) in [7, 11) is 0. The third-order valence-corrected chi connectivity index (χ3v) is 4.65. The Morgan fingerprint density at radius 3 is 2.58 bits per heavy atom. The zero-order valence-corrected chi connectivity index (χ0v) is 15.2. The third kappa shape index (κ3) is 4.65. The van der Waals surface area contributed by atoms with Crippen molar-refractivity contribution in [3.63, 3.8) is 0 Å². The first-order valence-corrected chi connectivity index (χ1v) is 9.04. The Morgan fingerprint density at radius 1 is 1.25 bits per heavy atom. The van der Waals surface area contributed by atoms with Crippen molar-refractivity contribution < 1.29 is 19.1 Å². The summed E-state index contributed by atoms with van der Waals surface area (Å²) < 4.78 is 5.12. The lowest BCUT2D eigenvalue weighted by molar-refractivity contribution is -0.124. The van der Waals surface area contributed by atoms with E-state index in [4.69, 9.17) is 4.74 Å². The van der Waals surface area contributed by atoms with Crippen LogP contribution < -0.4 is 10.6 Å². The van der Waals surface area contributed by atoms with E-state index in [0.29, 0.717) is 10.6 Å². The molecule has 0 unspecified atom stereocenters. The molecule has 0 atom stereocenters. The van der Waals surface area contributed by atoms with Crippen molar-refractivity contribution in [2.75, 3.05) is 11.9 Å². The average Bonchev–Trinajstić information content (AvgIpc) is 3.12. The van der Waals surface area contributed by atoms with Crippen molar-refractivity contribution in [3.05, 3.63) is 28.5 Å². The van der Waals surface area contributed by atoms with Gasteiger partial charge in [0, 0.05) is 28.8 Å². The number of carbonyl (C=O) groups excluding carboxylic acids is 3. The van der Waals surface area contributed by atoms with Crippen molar-refractivity contribution in [3.8, 4) is 10.4 Å². The quantitative estimate of drug-likeness (QED) is 0.769. The van der Waals surface area contributed by atoms with Crippen molar-refractivity contribution >= 4 is 45.5 Å². The van der Waals surface area contributed by atoms with Gasteiger partial charge in [-0.15, -0.1) is 22.7 Å². The highest BCUT2D eigenvalue weighted by atomic mass is 32.1. The molecule has 0 radical (unpaired) electrons. The Bertz CT molecular complexity index is 735. The third-order valence-electron chi connectivity index (χ3n) is 2.86. The van der Waals surface area contributed by atoms with Crippen LogP contribution in [-0.2, 0) is 14.3 Å². The second-order valence-electron chi connectivity index (χ2n) is 5.31. The van der Waals surface area contributed by atoms with Crippen LogP contribution in [-0.4, -0.2) is 30.4 Å². The van der Waals surface area contributed by atoms with Gasteiger partial charge in [-0.3, -0.25) is 9.59 Å². The molecule has 0 saturated heterocycles. The smallest absolute Gasteiger partial charge is 0.342 e. The Hall–Kier alpha value is -2.19. The molecule has 2 amide bonds. The van der Waals surface area contributed by atoms with Gasteiger partial charge in [0.25, 0.3) is 5.91 Å². The van der Waals surface area contributed by atoms with Crippen LogP contribution in [0.4, 0.5) is 5.00 Å². The summed E-state index contributed by atoms with van der Waals surface area (Å²) >= 11 is 2.73. The van der Waals surface area contributed by atoms with Crippen LogP contribution in [0.1, 0.15) is 31.1 Å². The topological polar surface area (TPSA) is 84.5 Å². The lowest BCUT2D eigenvalue weighted by Gasteiger charge is -2.10. The Morgan fingerprint density at radius 2 is 2.00 bits per heavy atom.